The summed E-state index contributed by atoms with van der Waals surface area (Å²) < 4.78 is 26.2. The first kappa shape index (κ1) is 15.3. The molecule has 0 atom stereocenters. The molecular formula is C14H14F2N4S2. The van der Waals surface area contributed by atoms with Gasteiger partial charge in [0, 0.05) is 37.3 Å². The fourth-order valence-corrected chi connectivity index (χ4v) is 3.67. The number of imidazole rings is 1. The molecule has 0 fully saturated rings. The summed E-state index contributed by atoms with van der Waals surface area (Å²) in [6.45, 7) is -1.34. The average Bonchev–Trinajstić information content (AvgIpc) is 3.22. The van der Waals surface area contributed by atoms with Crippen molar-refractivity contribution in [2.75, 3.05) is 6.54 Å². The van der Waals surface area contributed by atoms with Gasteiger partial charge in [0.15, 0.2) is 0 Å². The van der Waals surface area contributed by atoms with Gasteiger partial charge in [0.1, 0.15) is 10.8 Å². The van der Waals surface area contributed by atoms with E-state index in [4.69, 9.17) is 0 Å². The van der Waals surface area contributed by atoms with Gasteiger partial charge in [-0.15, -0.1) is 22.7 Å². The van der Waals surface area contributed by atoms with Crippen LogP contribution >= 0.6 is 22.7 Å². The number of halogens is 2. The molecule has 0 bridgehead atoms. The van der Waals surface area contributed by atoms with Gasteiger partial charge in [-0.2, -0.15) is 8.78 Å². The first-order chi connectivity index (χ1) is 10.7. The summed E-state index contributed by atoms with van der Waals surface area (Å²) in [5.74, 6) is 0.389. The maximum atomic E-state index is 12.7. The van der Waals surface area contributed by atoms with E-state index in [1.165, 1.54) is 12.4 Å². The summed E-state index contributed by atoms with van der Waals surface area (Å²) in [4.78, 5) is 9.67. The highest BCUT2D eigenvalue weighted by Crippen LogP contribution is 2.27. The van der Waals surface area contributed by atoms with Crippen LogP contribution in [0.5, 0.6) is 0 Å². The topological polar surface area (TPSA) is 42.7 Å². The second-order valence-electron chi connectivity index (χ2n) is 4.58. The van der Waals surface area contributed by atoms with Gasteiger partial charge in [-0.3, -0.25) is 4.57 Å². The standard InChI is InChI=1S/C14H14F2N4S2/c15-14(16)20-6-5-18-12(20)3-4-17-8-10-9-22-13(19-10)11-2-1-7-21-11/h1-2,5-7,9,14,17H,3-4,8H2. The van der Waals surface area contributed by atoms with Crippen LogP contribution in [0.1, 0.15) is 18.1 Å². The van der Waals surface area contributed by atoms with Gasteiger partial charge >= 0.3 is 6.55 Å². The molecule has 4 nitrogen and oxygen atoms in total. The summed E-state index contributed by atoms with van der Waals surface area (Å²) in [7, 11) is 0. The molecule has 0 radical (unpaired) electrons. The molecule has 3 heterocycles. The second-order valence-corrected chi connectivity index (χ2v) is 6.38. The molecule has 116 valence electrons. The number of nitrogens with zero attached hydrogens (tertiary/aromatic N) is 3. The van der Waals surface area contributed by atoms with Crippen molar-refractivity contribution in [3.05, 3.63) is 46.8 Å². The molecule has 1 N–H and O–H groups in total. The third-order valence-corrected chi connectivity index (χ3v) is 5.00. The lowest BCUT2D eigenvalue weighted by atomic mass is 10.4. The minimum atomic E-state index is -2.54. The normalized spacial score (nSPS) is 11.4. The molecule has 0 unspecified atom stereocenters. The van der Waals surface area contributed by atoms with E-state index in [1.807, 2.05) is 22.9 Å². The number of hydrogen-bond donors (Lipinski definition) is 1. The predicted molar refractivity (Wildman–Crippen MR) is 84.3 cm³/mol. The molecule has 0 saturated heterocycles. The van der Waals surface area contributed by atoms with Crippen LogP contribution < -0.4 is 5.32 Å². The van der Waals surface area contributed by atoms with Crippen molar-refractivity contribution in [3.63, 3.8) is 0 Å². The van der Waals surface area contributed by atoms with E-state index < -0.39 is 6.55 Å². The van der Waals surface area contributed by atoms with Crippen LogP contribution in [0.15, 0.2) is 35.3 Å². The Bertz CT molecular complexity index is 706. The molecule has 0 amide bonds. The van der Waals surface area contributed by atoms with Crippen molar-refractivity contribution in [3.8, 4) is 9.88 Å². The van der Waals surface area contributed by atoms with Crippen molar-refractivity contribution in [2.45, 2.75) is 19.5 Å². The Morgan fingerprint density at radius 3 is 3.00 bits per heavy atom. The number of alkyl halides is 2. The van der Waals surface area contributed by atoms with Gasteiger partial charge in [-0.25, -0.2) is 9.97 Å². The summed E-state index contributed by atoms with van der Waals surface area (Å²) in [6, 6.07) is 4.05. The fraction of sp³-hybridized carbons (Fsp3) is 0.286. The van der Waals surface area contributed by atoms with Crippen LogP contribution in [0.3, 0.4) is 0 Å². The van der Waals surface area contributed by atoms with Crippen LogP contribution in [0.2, 0.25) is 0 Å². The molecule has 0 saturated carbocycles. The largest absolute Gasteiger partial charge is 0.319 e. The lowest BCUT2D eigenvalue weighted by Gasteiger charge is -2.06. The van der Waals surface area contributed by atoms with Crippen molar-refractivity contribution >= 4 is 22.7 Å². The lowest BCUT2D eigenvalue weighted by molar-refractivity contribution is 0.0670. The Morgan fingerprint density at radius 1 is 1.32 bits per heavy atom. The van der Waals surface area contributed by atoms with E-state index in [-0.39, 0.29) is 0 Å². The minimum Gasteiger partial charge on any atom is -0.311 e. The van der Waals surface area contributed by atoms with Crippen LogP contribution in [0, 0.1) is 0 Å². The number of aromatic nitrogens is 3. The van der Waals surface area contributed by atoms with Gasteiger partial charge in [0.05, 0.1) is 10.6 Å². The smallest absolute Gasteiger partial charge is 0.311 e. The SMILES string of the molecule is FC(F)n1ccnc1CCNCc1csc(-c2cccs2)n1. The molecule has 0 aliphatic heterocycles. The van der Waals surface area contributed by atoms with Gasteiger partial charge in [-0.1, -0.05) is 6.07 Å². The number of thiophene rings is 1. The molecule has 3 rings (SSSR count). The zero-order chi connectivity index (χ0) is 15.4. The summed E-state index contributed by atoms with van der Waals surface area (Å²) >= 11 is 3.28. The van der Waals surface area contributed by atoms with Gasteiger partial charge in [-0.05, 0) is 11.4 Å². The van der Waals surface area contributed by atoms with Crippen molar-refractivity contribution in [2.24, 2.45) is 0 Å². The van der Waals surface area contributed by atoms with Crippen molar-refractivity contribution in [1.82, 2.24) is 19.9 Å². The molecule has 8 heteroatoms. The van der Waals surface area contributed by atoms with Crippen molar-refractivity contribution in [1.29, 1.82) is 0 Å². The zero-order valence-electron chi connectivity index (χ0n) is 11.6. The van der Waals surface area contributed by atoms with E-state index >= 15 is 0 Å². The fourth-order valence-electron chi connectivity index (χ4n) is 2.03. The summed E-state index contributed by atoms with van der Waals surface area (Å²) in [5, 5.41) is 8.27. The first-order valence-electron chi connectivity index (χ1n) is 6.73. The number of nitrogens with one attached hydrogen (secondary N) is 1. The molecule has 3 aromatic rings. The Morgan fingerprint density at radius 2 is 2.23 bits per heavy atom. The predicted octanol–water partition coefficient (Wildman–Crippen LogP) is 3.80. The number of rotatable bonds is 7. The minimum absolute atomic E-state index is 0.389. The zero-order valence-corrected chi connectivity index (χ0v) is 13.2. The Labute approximate surface area is 134 Å². The average molecular weight is 340 g/mol. The third kappa shape index (κ3) is 3.57. The molecule has 0 aliphatic rings. The van der Waals surface area contributed by atoms with E-state index in [0.717, 1.165) is 20.1 Å². The number of hydrogen-bond acceptors (Lipinski definition) is 5. The first-order valence-corrected chi connectivity index (χ1v) is 8.49. The van der Waals surface area contributed by atoms with E-state index in [1.54, 1.807) is 22.7 Å². The Hall–Kier alpha value is -1.64. The molecule has 0 spiro atoms. The van der Waals surface area contributed by atoms with Crippen LogP contribution in [0.25, 0.3) is 9.88 Å². The Balaban J connectivity index is 1.48. The van der Waals surface area contributed by atoms with E-state index in [9.17, 15) is 8.78 Å². The van der Waals surface area contributed by atoms with Gasteiger partial charge in [0.25, 0.3) is 0 Å². The maximum Gasteiger partial charge on any atom is 0.319 e. The van der Waals surface area contributed by atoms with Crippen LogP contribution in [-0.2, 0) is 13.0 Å². The van der Waals surface area contributed by atoms with E-state index in [2.05, 4.69) is 15.3 Å². The van der Waals surface area contributed by atoms with Gasteiger partial charge < -0.3 is 5.32 Å². The van der Waals surface area contributed by atoms with Crippen molar-refractivity contribution < 1.29 is 8.78 Å². The summed E-state index contributed by atoms with van der Waals surface area (Å²) in [5.41, 5.74) is 0.964. The second kappa shape index (κ2) is 7.08. The number of thiazole rings is 1. The highest BCUT2D eigenvalue weighted by Gasteiger charge is 2.11. The third-order valence-electron chi connectivity index (χ3n) is 3.07. The quantitative estimate of drug-likeness (QED) is 0.665. The molecule has 0 aromatic carbocycles. The molecule has 3 aromatic heterocycles. The molecule has 22 heavy (non-hydrogen) atoms. The monoisotopic (exact) mass is 340 g/mol. The van der Waals surface area contributed by atoms with Gasteiger partial charge in [0.2, 0.25) is 0 Å². The summed E-state index contributed by atoms with van der Waals surface area (Å²) in [6.07, 6.45) is 3.15. The Kier molecular flexibility index (Phi) is 4.91. The van der Waals surface area contributed by atoms with Crippen LogP contribution in [0.4, 0.5) is 8.78 Å². The van der Waals surface area contributed by atoms with E-state index in [0.29, 0.717) is 25.3 Å². The molecular weight excluding hydrogens is 326 g/mol. The lowest BCUT2D eigenvalue weighted by Crippen LogP contribution is -2.19. The highest BCUT2D eigenvalue weighted by atomic mass is 32.1. The maximum absolute atomic E-state index is 12.7. The highest BCUT2D eigenvalue weighted by molar-refractivity contribution is 7.20. The van der Waals surface area contributed by atoms with Crippen LogP contribution in [-0.4, -0.2) is 21.1 Å². The molecule has 0 aliphatic carbocycles.